The number of hydrogen-bond acceptors (Lipinski definition) is 0. The van der Waals surface area contributed by atoms with Gasteiger partial charge in [0.05, 0.1) is 0 Å². The van der Waals surface area contributed by atoms with Crippen LogP contribution in [0.3, 0.4) is 0 Å². The fourth-order valence-corrected chi connectivity index (χ4v) is 1.25. The van der Waals surface area contributed by atoms with Gasteiger partial charge in [0.25, 0.3) is 0 Å². The molecule has 0 aromatic heterocycles. The van der Waals surface area contributed by atoms with Crippen LogP contribution in [0.1, 0.15) is 32.1 Å². The highest BCUT2D eigenvalue weighted by atomic mass is 13.9. The van der Waals surface area contributed by atoms with Crippen molar-refractivity contribution < 1.29 is 0 Å². The first kappa shape index (κ1) is 10.0. The second-order valence-electron chi connectivity index (χ2n) is 3.19. The summed E-state index contributed by atoms with van der Waals surface area (Å²) in [5, 5.41) is 0. The molecule has 0 nitrogen and oxygen atoms in total. The Morgan fingerprint density at radius 2 is 1.00 bits per heavy atom. The van der Waals surface area contributed by atoms with Gasteiger partial charge in [-0.15, -0.1) is 0 Å². The Hall–Kier alpha value is -1.04. The van der Waals surface area contributed by atoms with E-state index >= 15 is 0 Å². The highest BCUT2D eigenvalue weighted by Crippen LogP contribution is 2.00. The Labute approximate surface area is 81.4 Å². The maximum absolute atomic E-state index is 2.28. The van der Waals surface area contributed by atoms with Crippen LogP contribution >= 0.6 is 0 Å². The average Bonchev–Trinajstić information content (AvgIpc) is 2.18. The maximum atomic E-state index is 2.28. The maximum Gasteiger partial charge on any atom is -0.0166 e. The molecular weight excluding hydrogens is 156 g/mol. The molecule has 0 saturated heterocycles. The predicted molar refractivity (Wildman–Crippen MR) is 59.6 cm³/mol. The molecule has 0 N–H and O–H groups in total. The molecule has 70 valence electrons. The summed E-state index contributed by atoms with van der Waals surface area (Å²) < 4.78 is 0. The van der Waals surface area contributed by atoms with Crippen LogP contribution in [0.25, 0.3) is 0 Å². The Kier molecular flexibility index (Phi) is 5.87. The van der Waals surface area contributed by atoms with Gasteiger partial charge in [-0.1, -0.05) is 48.6 Å². The normalized spacial score (nSPS) is 26.5. The zero-order chi connectivity index (χ0) is 9.19. The van der Waals surface area contributed by atoms with Crippen molar-refractivity contribution in [1.29, 1.82) is 0 Å². The topological polar surface area (TPSA) is 0 Å². The third kappa shape index (κ3) is 6.15. The monoisotopic (exact) mass is 174 g/mol. The molecule has 0 heteroatoms. The van der Waals surface area contributed by atoms with Crippen LogP contribution < -0.4 is 0 Å². The van der Waals surface area contributed by atoms with Crippen LogP contribution in [0.15, 0.2) is 48.6 Å². The summed E-state index contributed by atoms with van der Waals surface area (Å²) >= 11 is 0. The molecule has 0 aromatic carbocycles. The molecule has 0 saturated carbocycles. The third-order valence-corrected chi connectivity index (χ3v) is 1.99. The molecule has 0 unspecified atom stereocenters. The van der Waals surface area contributed by atoms with E-state index in [0.29, 0.717) is 0 Å². The summed E-state index contributed by atoms with van der Waals surface area (Å²) in [4.78, 5) is 0. The van der Waals surface area contributed by atoms with Gasteiger partial charge in [-0.25, -0.2) is 0 Å². The average molecular weight is 174 g/mol. The highest BCUT2D eigenvalue weighted by molar-refractivity contribution is 5.05. The van der Waals surface area contributed by atoms with E-state index in [2.05, 4.69) is 48.6 Å². The molecule has 0 spiro atoms. The molecule has 0 radical (unpaired) electrons. The minimum absolute atomic E-state index is 1.06. The van der Waals surface area contributed by atoms with Crippen molar-refractivity contribution in [2.24, 2.45) is 0 Å². The van der Waals surface area contributed by atoms with E-state index in [-0.39, 0.29) is 0 Å². The Morgan fingerprint density at radius 1 is 0.462 bits per heavy atom. The van der Waals surface area contributed by atoms with E-state index in [0.717, 1.165) is 12.8 Å². The van der Waals surface area contributed by atoms with Crippen LogP contribution in [0, 0.1) is 0 Å². The standard InChI is InChI=1S/C13H18/c1-2-4-6-8-10-12-13-11-9-7-5-3-1/h1-4,7,9-10,12H,5-6,8,11,13H2/b3-1-,4-2?,9-7-,12-10-. The molecule has 1 aliphatic carbocycles. The largest absolute Gasteiger partial charge is 0.0882 e. The third-order valence-electron chi connectivity index (χ3n) is 1.99. The summed E-state index contributed by atoms with van der Waals surface area (Å²) in [6, 6.07) is 0. The lowest BCUT2D eigenvalue weighted by Crippen LogP contribution is -1.66. The number of hydrogen-bond donors (Lipinski definition) is 0. The lowest BCUT2D eigenvalue weighted by atomic mass is 10.2. The molecule has 0 bridgehead atoms. The molecule has 0 heterocycles. The van der Waals surface area contributed by atoms with Gasteiger partial charge in [0.1, 0.15) is 0 Å². The van der Waals surface area contributed by atoms with E-state index in [1.54, 1.807) is 0 Å². The molecule has 0 atom stereocenters. The minimum atomic E-state index is 1.06. The lowest BCUT2D eigenvalue weighted by Gasteiger charge is -1.87. The Bertz CT molecular complexity index is 216. The quantitative estimate of drug-likeness (QED) is 0.483. The molecule has 1 aliphatic rings. The number of rotatable bonds is 0. The van der Waals surface area contributed by atoms with Crippen molar-refractivity contribution in [2.45, 2.75) is 32.1 Å². The van der Waals surface area contributed by atoms with Gasteiger partial charge in [0, 0.05) is 0 Å². The van der Waals surface area contributed by atoms with E-state index in [1.807, 2.05) is 0 Å². The molecule has 0 aromatic rings. The van der Waals surface area contributed by atoms with Gasteiger partial charge < -0.3 is 0 Å². The van der Waals surface area contributed by atoms with Gasteiger partial charge in [-0.2, -0.15) is 0 Å². The van der Waals surface area contributed by atoms with Crippen molar-refractivity contribution in [1.82, 2.24) is 0 Å². The molecule has 0 fully saturated rings. The van der Waals surface area contributed by atoms with E-state index in [4.69, 9.17) is 0 Å². The Balaban J connectivity index is 2.38. The summed E-state index contributed by atoms with van der Waals surface area (Å²) in [6.07, 6.45) is 23.5. The second-order valence-corrected chi connectivity index (χ2v) is 3.19. The first-order valence-corrected chi connectivity index (χ1v) is 5.12. The summed E-state index contributed by atoms with van der Waals surface area (Å²) in [6.45, 7) is 0. The van der Waals surface area contributed by atoms with Gasteiger partial charge in [-0.3, -0.25) is 0 Å². The lowest BCUT2D eigenvalue weighted by molar-refractivity contribution is 1.00. The molecule has 13 heavy (non-hydrogen) atoms. The SMILES string of the molecule is C1=CCC/C=C\CC/C=C\C/C=C\1. The smallest absolute Gasteiger partial charge is 0.0166 e. The van der Waals surface area contributed by atoms with Crippen molar-refractivity contribution >= 4 is 0 Å². The minimum Gasteiger partial charge on any atom is -0.0882 e. The fraction of sp³-hybridized carbons (Fsp3) is 0.385. The number of allylic oxidation sites excluding steroid dienone is 8. The summed E-state index contributed by atoms with van der Waals surface area (Å²) in [5.74, 6) is 0. The Morgan fingerprint density at radius 3 is 1.77 bits per heavy atom. The van der Waals surface area contributed by atoms with Crippen LogP contribution in [-0.2, 0) is 0 Å². The first-order chi connectivity index (χ1) is 6.50. The fourth-order valence-electron chi connectivity index (χ4n) is 1.25. The van der Waals surface area contributed by atoms with Crippen molar-refractivity contribution in [3.63, 3.8) is 0 Å². The van der Waals surface area contributed by atoms with Crippen LogP contribution in [0.2, 0.25) is 0 Å². The van der Waals surface area contributed by atoms with Gasteiger partial charge in [-0.05, 0) is 32.1 Å². The molecule has 0 amide bonds. The van der Waals surface area contributed by atoms with Crippen LogP contribution in [0.5, 0.6) is 0 Å². The van der Waals surface area contributed by atoms with E-state index < -0.39 is 0 Å². The molecular formula is C13H18. The molecule has 1 rings (SSSR count). The van der Waals surface area contributed by atoms with Crippen LogP contribution in [-0.4, -0.2) is 0 Å². The van der Waals surface area contributed by atoms with E-state index in [1.165, 1.54) is 19.3 Å². The summed E-state index contributed by atoms with van der Waals surface area (Å²) in [5.41, 5.74) is 0. The summed E-state index contributed by atoms with van der Waals surface area (Å²) in [7, 11) is 0. The van der Waals surface area contributed by atoms with Crippen molar-refractivity contribution in [2.75, 3.05) is 0 Å². The van der Waals surface area contributed by atoms with Gasteiger partial charge in [0.15, 0.2) is 0 Å². The van der Waals surface area contributed by atoms with Crippen molar-refractivity contribution in [3.05, 3.63) is 48.6 Å². The van der Waals surface area contributed by atoms with Gasteiger partial charge in [0.2, 0.25) is 0 Å². The highest BCUT2D eigenvalue weighted by Gasteiger charge is 1.79. The zero-order valence-electron chi connectivity index (χ0n) is 8.15. The molecule has 0 aliphatic heterocycles. The van der Waals surface area contributed by atoms with Crippen molar-refractivity contribution in [3.8, 4) is 0 Å². The predicted octanol–water partition coefficient (Wildman–Crippen LogP) is 4.18. The zero-order valence-corrected chi connectivity index (χ0v) is 8.15. The van der Waals surface area contributed by atoms with Crippen LogP contribution in [0.4, 0.5) is 0 Å². The van der Waals surface area contributed by atoms with Gasteiger partial charge >= 0.3 is 0 Å². The van der Waals surface area contributed by atoms with E-state index in [9.17, 15) is 0 Å². The first-order valence-electron chi connectivity index (χ1n) is 5.12. The second kappa shape index (κ2) is 7.60.